The average Bonchev–Trinajstić information content (AvgIpc) is 2.58. The lowest BCUT2D eigenvalue weighted by atomic mass is 10.0. The molecule has 6 nitrogen and oxygen atoms in total. The number of piperidine rings is 1. The summed E-state index contributed by atoms with van der Waals surface area (Å²) in [6, 6.07) is 9.56. The SMILES string of the molecule is NCC(=O)NC[C@@H]1CCCCN1C(=O)OCc1ccccc1. The molecule has 1 aliphatic heterocycles. The van der Waals surface area contributed by atoms with Crippen LogP contribution in [0.1, 0.15) is 24.8 Å². The number of benzene rings is 1. The molecular weight excluding hydrogens is 282 g/mol. The lowest BCUT2D eigenvalue weighted by Crippen LogP contribution is -2.50. The second-order valence-electron chi connectivity index (χ2n) is 5.39. The van der Waals surface area contributed by atoms with Gasteiger partial charge < -0.3 is 20.7 Å². The highest BCUT2D eigenvalue weighted by Crippen LogP contribution is 2.18. The van der Waals surface area contributed by atoms with Gasteiger partial charge in [0.25, 0.3) is 0 Å². The molecule has 3 N–H and O–H groups in total. The van der Waals surface area contributed by atoms with Crippen molar-refractivity contribution >= 4 is 12.0 Å². The molecule has 22 heavy (non-hydrogen) atoms. The van der Waals surface area contributed by atoms with Crippen LogP contribution in [-0.4, -0.2) is 42.6 Å². The van der Waals surface area contributed by atoms with Crippen LogP contribution in [-0.2, 0) is 16.1 Å². The first-order valence-electron chi connectivity index (χ1n) is 7.65. The predicted molar refractivity (Wildman–Crippen MR) is 83.0 cm³/mol. The van der Waals surface area contributed by atoms with E-state index in [4.69, 9.17) is 10.5 Å². The highest BCUT2D eigenvalue weighted by Gasteiger charge is 2.28. The molecule has 0 radical (unpaired) electrons. The lowest BCUT2D eigenvalue weighted by Gasteiger charge is -2.35. The first-order valence-corrected chi connectivity index (χ1v) is 7.65. The van der Waals surface area contributed by atoms with E-state index in [1.54, 1.807) is 4.90 Å². The maximum Gasteiger partial charge on any atom is 0.410 e. The number of nitrogens with one attached hydrogen (secondary N) is 1. The molecule has 1 aromatic rings. The van der Waals surface area contributed by atoms with Crippen LogP contribution in [0.3, 0.4) is 0 Å². The first-order chi connectivity index (χ1) is 10.7. The van der Waals surface area contributed by atoms with Gasteiger partial charge in [-0.25, -0.2) is 4.79 Å². The highest BCUT2D eigenvalue weighted by molar-refractivity contribution is 5.77. The Hall–Kier alpha value is -2.08. The van der Waals surface area contributed by atoms with Crippen molar-refractivity contribution < 1.29 is 14.3 Å². The quantitative estimate of drug-likeness (QED) is 0.857. The Morgan fingerprint density at radius 2 is 2.05 bits per heavy atom. The summed E-state index contributed by atoms with van der Waals surface area (Å²) in [5.74, 6) is -0.205. The van der Waals surface area contributed by atoms with E-state index in [1.807, 2.05) is 30.3 Å². The van der Waals surface area contributed by atoms with E-state index in [0.29, 0.717) is 13.1 Å². The Morgan fingerprint density at radius 3 is 2.77 bits per heavy atom. The molecule has 1 atom stereocenters. The summed E-state index contributed by atoms with van der Waals surface area (Å²) in [5, 5.41) is 2.75. The zero-order valence-electron chi connectivity index (χ0n) is 12.7. The van der Waals surface area contributed by atoms with Crippen LogP contribution < -0.4 is 11.1 Å². The van der Waals surface area contributed by atoms with Crippen molar-refractivity contribution in [2.45, 2.75) is 31.9 Å². The minimum absolute atomic E-state index is 0.0208. The van der Waals surface area contributed by atoms with E-state index in [1.165, 1.54) is 0 Å². The first kappa shape index (κ1) is 16.3. The van der Waals surface area contributed by atoms with Gasteiger partial charge in [-0.05, 0) is 24.8 Å². The fraction of sp³-hybridized carbons (Fsp3) is 0.500. The van der Waals surface area contributed by atoms with Gasteiger partial charge in [-0.15, -0.1) is 0 Å². The average molecular weight is 305 g/mol. The Balaban J connectivity index is 1.86. The molecule has 120 valence electrons. The summed E-state index contributed by atoms with van der Waals surface area (Å²) in [6.45, 7) is 1.32. The van der Waals surface area contributed by atoms with Crippen molar-refractivity contribution in [3.05, 3.63) is 35.9 Å². The number of likely N-dealkylation sites (tertiary alicyclic amines) is 1. The van der Waals surface area contributed by atoms with Crippen molar-refractivity contribution in [2.24, 2.45) is 5.73 Å². The van der Waals surface area contributed by atoms with Gasteiger partial charge >= 0.3 is 6.09 Å². The predicted octanol–water partition coefficient (Wildman–Crippen LogP) is 1.25. The lowest BCUT2D eigenvalue weighted by molar-refractivity contribution is -0.120. The molecule has 0 unspecified atom stereocenters. The van der Waals surface area contributed by atoms with Crippen molar-refractivity contribution in [1.29, 1.82) is 0 Å². The van der Waals surface area contributed by atoms with E-state index < -0.39 is 0 Å². The maximum absolute atomic E-state index is 12.3. The number of ether oxygens (including phenoxy) is 1. The number of rotatable bonds is 5. The van der Waals surface area contributed by atoms with Crippen molar-refractivity contribution in [1.82, 2.24) is 10.2 Å². The number of carbonyl (C=O) groups is 2. The Labute approximate surface area is 130 Å². The second kappa shape index (κ2) is 8.38. The Bertz CT molecular complexity index is 493. The number of nitrogens with two attached hydrogens (primary N) is 1. The number of amides is 2. The minimum atomic E-state index is -0.324. The molecule has 1 fully saturated rings. The summed E-state index contributed by atoms with van der Waals surface area (Å²) in [5.41, 5.74) is 6.24. The van der Waals surface area contributed by atoms with E-state index in [9.17, 15) is 9.59 Å². The molecule has 0 bridgehead atoms. The van der Waals surface area contributed by atoms with E-state index in [-0.39, 0.29) is 31.2 Å². The molecule has 0 spiro atoms. The Kier molecular flexibility index (Phi) is 6.21. The second-order valence-corrected chi connectivity index (χ2v) is 5.39. The smallest absolute Gasteiger partial charge is 0.410 e. The monoisotopic (exact) mass is 305 g/mol. The molecule has 2 amide bonds. The highest BCUT2D eigenvalue weighted by atomic mass is 16.6. The summed E-state index contributed by atoms with van der Waals surface area (Å²) in [7, 11) is 0. The van der Waals surface area contributed by atoms with Gasteiger partial charge in [0.15, 0.2) is 0 Å². The molecule has 0 saturated carbocycles. The van der Waals surface area contributed by atoms with Crippen LogP contribution in [0.4, 0.5) is 4.79 Å². The molecule has 1 heterocycles. The van der Waals surface area contributed by atoms with Crippen LogP contribution >= 0.6 is 0 Å². The fourth-order valence-corrected chi connectivity index (χ4v) is 2.56. The third-order valence-electron chi connectivity index (χ3n) is 3.79. The normalized spacial score (nSPS) is 17.9. The van der Waals surface area contributed by atoms with E-state index in [2.05, 4.69) is 5.32 Å². The summed E-state index contributed by atoms with van der Waals surface area (Å²) in [4.78, 5) is 25.2. The van der Waals surface area contributed by atoms with Crippen LogP contribution in [0, 0.1) is 0 Å². The molecule has 2 rings (SSSR count). The van der Waals surface area contributed by atoms with Crippen LogP contribution in [0.15, 0.2) is 30.3 Å². The van der Waals surface area contributed by atoms with Gasteiger partial charge in [0, 0.05) is 13.1 Å². The van der Waals surface area contributed by atoms with Crippen molar-refractivity contribution in [3.63, 3.8) is 0 Å². The number of carbonyl (C=O) groups excluding carboxylic acids is 2. The Morgan fingerprint density at radius 1 is 1.27 bits per heavy atom. The summed E-state index contributed by atoms with van der Waals surface area (Å²) >= 11 is 0. The zero-order chi connectivity index (χ0) is 15.8. The number of hydrogen-bond acceptors (Lipinski definition) is 4. The van der Waals surface area contributed by atoms with Crippen LogP contribution in [0.2, 0.25) is 0 Å². The standard InChI is InChI=1S/C16H23N3O3/c17-10-15(20)18-11-14-8-4-5-9-19(14)16(21)22-12-13-6-2-1-3-7-13/h1-3,6-7,14H,4-5,8-12,17H2,(H,18,20)/t14-/m0/s1. The molecule has 1 aliphatic rings. The van der Waals surface area contributed by atoms with Crippen LogP contribution in [0.5, 0.6) is 0 Å². The molecular formula is C16H23N3O3. The molecule has 1 saturated heterocycles. The van der Waals surface area contributed by atoms with E-state index >= 15 is 0 Å². The molecule has 0 aliphatic carbocycles. The molecule has 0 aromatic heterocycles. The fourth-order valence-electron chi connectivity index (χ4n) is 2.56. The summed E-state index contributed by atoms with van der Waals surface area (Å²) in [6.07, 6.45) is 2.55. The van der Waals surface area contributed by atoms with E-state index in [0.717, 1.165) is 24.8 Å². The summed E-state index contributed by atoms with van der Waals surface area (Å²) < 4.78 is 5.38. The molecule has 1 aromatic carbocycles. The number of nitrogens with zero attached hydrogens (tertiary/aromatic N) is 1. The third-order valence-corrected chi connectivity index (χ3v) is 3.79. The van der Waals surface area contributed by atoms with Crippen LogP contribution in [0.25, 0.3) is 0 Å². The minimum Gasteiger partial charge on any atom is -0.445 e. The van der Waals surface area contributed by atoms with Crippen molar-refractivity contribution in [3.8, 4) is 0 Å². The van der Waals surface area contributed by atoms with Crippen molar-refractivity contribution in [2.75, 3.05) is 19.6 Å². The maximum atomic E-state index is 12.3. The van der Waals surface area contributed by atoms with Gasteiger partial charge in [0.2, 0.25) is 5.91 Å². The number of hydrogen-bond donors (Lipinski definition) is 2. The van der Waals surface area contributed by atoms with Gasteiger partial charge in [0.1, 0.15) is 6.61 Å². The van der Waals surface area contributed by atoms with Gasteiger partial charge in [0.05, 0.1) is 12.6 Å². The van der Waals surface area contributed by atoms with Gasteiger partial charge in [-0.2, -0.15) is 0 Å². The zero-order valence-corrected chi connectivity index (χ0v) is 12.7. The van der Waals surface area contributed by atoms with Gasteiger partial charge in [-0.1, -0.05) is 30.3 Å². The topological polar surface area (TPSA) is 84.7 Å². The third kappa shape index (κ3) is 4.73. The molecule has 6 heteroatoms. The van der Waals surface area contributed by atoms with Gasteiger partial charge in [-0.3, -0.25) is 4.79 Å². The largest absolute Gasteiger partial charge is 0.445 e.